The molecule has 5 heteroatoms. The van der Waals surface area contributed by atoms with Crippen LogP contribution in [0, 0.1) is 11.6 Å². The van der Waals surface area contributed by atoms with Gasteiger partial charge < -0.3 is 10.1 Å². The maximum absolute atomic E-state index is 13.1. The second kappa shape index (κ2) is 10.4. The van der Waals surface area contributed by atoms with Crippen LogP contribution < -0.4 is 10.1 Å². The Morgan fingerprint density at radius 1 is 0.862 bits per heavy atom. The number of rotatable bonds is 9. The van der Waals surface area contributed by atoms with Crippen LogP contribution in [-0.4, -0.2) is 6.54 Å². The predicted molar refractivity (Wildman–Crippen MR) is 113 cm³/mol. The van der Waals surface area contributed by atoms with Crippen molar-refractivity contribution >= 4 is 11.6 Å². The molecule has 0 aromatic heterocycles. The summed E-state index contributed by atoms with van der Waals surface area (Å²) in [6.07, 6.45) is 1.54. The number of benzene rings is 3. The summed E-state index contributed by atoms with van der Waals surface area (Å²) in [6.45, 7) is 3.82. The van der Waals surface area contributed by atoms with Crippen LogP contribution in [0.2, 0.25) is 5.02 Å². The topological polar surface area (TPSA) is 21.3 Å². The molecule has 0 saturated carbocycles. The van der Waals surface area contributed by atoms with E-state index in [2.05, 4.69) is 12.2 Å². The van der Waals surface area contributed by atoms with Crippen LogP contribution in [-0.2, 0) is 26.0 Å². The Kier molecular flexibility index (Phi) is 7.62. The van der Waals surface area contributed by atoms with Gasteiger partial charge in [-0.25, -0.2) is 8.78 Å². The third-order valence-corrected chi connectivity index (χ3v) is 4.92. The Morgan fingerprint density at radius 2 is 1.45 bits per heavy atom. The van der Waals surface area contributed by atoms with E-state index in [0.717, 1.165) is 47.4 Å². The number of aryl methyl sites for hydroxylation is 1. The highest BCUT2D eigenvalue weighted by molar-refractivity contribution is 6.30. The molecular weight excluding hydrogens is 392 g/mol. The minimum atomic E-state index is -0.262. The van der Waals surface area contributed by atoms with E-state index in [-0.39, 0.29) is 11.6 Å². The first kappa shape index (κ1) is 21.3. The third kappa shape index (κ3) is 6.28. The SMILES string of the molecule is CCc1cc(Cl)cc(CCNCc2ccc(F)cc2)c1OCc1ccc(F)cc1. The quantitative estimate of drug-likeness (QED) is 0.427. The van der Waals surface area contributed by atoms with Crippen molar-refractivity contribution in [1.29, 1.82) is 0 Å². The molecule has 0 radical (unpaired) electrons. The van der Waals surface area contributed by atoms with Crippen LogP contribution in [0.3, 0.4) is 0 Å². The fraction of sp³-hybridized carbons (Fsp3) is 0.250. The Balaban J connectivity index is 1.65. The maximum atomic E-state index is 13.1. The van der Waals surface area contributed by atoms with Gasteiger partial charge in [0.05, 0.1) is 0 Å². The van der Waals surface area contributed by atoms with Gasteiger partial charge in [-0.15, -0.1) is 0 Å². The van der Waals surface area contributed by atoms with Crippen molar-refractivity contribution in [3.63, 3.8) is 0 Å². The maximum Gasteiger partial charge on any atom is 0.126 e. The zero-order valence-corrected chi connectivity index (χ0v) is 17.1. The molecule has 0 aliphatic heterocycles. The second-order valence-corrected chi connectivity index (χ2v) is 7.31. The third-order valence-electron chi connectivity index (χ3n) is 4.70. The Morgan fingerprint density at radius 3 is 2.07 bits per heavy atom. The van der Waals surface area contributed by atoms with Gasteiger partial charge in [0.25, 0.3) is 0 Å². The number of hydrogen-bond donors (Lipinski definition) is 1. The lowest BCUT2D eigenvalue weighted by atomic mass is 10.0. The van der Waals surface area contributed by atoms with Gasteiger partial charge in [0, 0.05) is 11.6 Å². The molecule has 0 amide bonds. The molecule has 152 valence electrons. The van der Waals surface area contributed by atoms with Gasteiger partial charge in [0.2, 0.25) is 0 Å². The summed E-state index contributed by atoms with van der Waals surface area (Å²) >= 11 is 6.31. The lowest BCUT2D eigenvalue weighted by Crippen LogP contribution is -2.17. The fourth-order valence-corrected chi connectivity index (χ4v) is 3.40. The van der Waals surface area contributed by atoms with Crippen LogP contribution in [0.15, 0.2) is 60.7 Å². The average molecular weight is 416 g/mol. The Bertz CT molecular complexity index is 927. The summed E-state index contributed by atoms with van der Waals surface area (Å²) in [5, 5.41) is 4.06. The molecule has 0 aliphatic carbocycles. The van der Waals surface area contributed by atoms with Gasteiger partial charge in [0.15, 0.2) is 0 Å². The van der Waals surface area contributed by atoms with Crippen molar-refractivity contribution in [1.82, 2.24) is 5.32 Å². The van der Waals surface area contributed by atoms with Crippen LogP contribution in [0.1, 0.15) is 29.2 Å². The molecule has 0 fully saturated rings. The molecule has 2 nitrogen and oxygen atoms in total. The second-order valence-electron chi connectivity index (χ2n) is 6.88. The van der Waals surface area contributed by atoms with Gasteiger partial charge in [-0.05, 0) is 78.0 Å². The van der Waals surface area contributed by atoms with E-state index >= 15 is 0 Å². The largest absolute Gasteiger partial charge is 0.488 e. The van der Waals surface area contributed by atoms with E-state index in [4.69, 9.17) is 16.3 Å². The van der Waals surface area contributed by atoms with Crippen molar-refractivity contribution in [2.75, 3.05) is 6.54 Å². The summed E-state index contributed by atoms with van der Waals surface area (Å²) in [5.74, 6) is 0.343. The van der Waals surface area contributed by atoms with Crippen molar-refractivity contribution < 1.29 is 13.5 Å². The van der Waals surface area contributed by atoms with E-state index in [9.17, 15) is 8.78 Å². The smallest absolute Gasteiger partial charge is 0.126 e. The Labute approximate surface area is 175 Å². The molecular formula is C24H24ClF2NO. The first-order valence-electron chi connectivity index (χ1n) is 9.69. The number of halogens is 3. The lowest BCUT2D eigenvalue weighted by Gasteiger charge is -2.17. The highest BCUT2D eigenvalue weighted by Gasteiger charge is 2.12. The van der Waals surface area contributed by atoms with E-state index in [1.165, 1.54) is 24.3 Å². The molecule has 0 aliphatic rings. The van der Waals surface area contributed by atoms with E-state index in [1.807, 2.05) is 12.1 Å². The molecule has 0 atom stereocenters. The van der Waals surface area contributed by atoms with Gasteiger partial charge in [-0.2, -0.15) is 0 Å². The van der Waals surface area contributed by atoms with Crippen LogP contribution in [0.5, 0.6) is 5.75 Å². The predicted octanol–water partition coefficient (Wildman–Crippen LogP) is 6.09. The normalized spacial score (nSPS) is 10.9. The van der Waals surface area contributed by atoms with Crippen molar-refractivity contribution in [3.05, 3.63) is 99.6 Å². The van der Waals surface area contributed by atoms with Crippen molar-refractivity contribution in [2.45, 2.75) is 32.9 Å². The van der Waals surface area contributed by atoms with Crippen LogP contribution in [0.25, 0.3) is 0 Å². The molecule has 29 heavy (non-hydrogen) atoms. The first-order chi connectivity index (χ1) is 14.0. The summed E-state index contributed by atoms with van der Waals surface area (Å²) < 4.78 is 32.2. The molecule has 1 N–H and O–H groups in total. The molecule has 3 rings (SSSR count). The highest BCUT2D eigenvalue weighted by atomic mass is 35.5. The molecule has 3 aromatic carbocycles. The zero-order valence-electron chi connectivity index (χ0n) is 16.4. The molecule has 0 saturated heterocycles. The fourth-order valence-electron chi connectivity index (χ4n) is 3.14. The molecule has 3 aromatic rings. The summed E-state index contributed by atoms with van der Waals surface area (Å²) in [6, 6.07) is 16.6. The number of hydrogen-bond acceptors (Lipinski definition) is 2. The average Bonchev–Trinajstić information content (AvgIpc) is 2.72. The van der Waals surface area contributed by atoms with Crippen LogP contribution >= 0.6 is 11.6 Å². The lowest BCUT2D eigenvalue weighted by molar-refractivity contribution is 0.299. The number of nitrogens with one attached hydrogen (secondary N) is 1. The van der Waals surface area contributed by atoms with E-state index in [1.54, 1.807) is 24.3 Å². The van der Waals surface area contributed by atoms with Gasteiger partial charge in [-0.1, -0.05) is 42.8 Å². The minimum Gasteiger partial charge on any atom is -0.488 e. The van der Waals surface area contributed by atoms with E-state index in [0.29, 0.717) is 18.2 Å². The molecule has 0 heterocycles. The molecule has 0 spiro atoms. The molecule has 0 unspecified atom stereocenters. The summed E-state index contributed by atoms with van der Waals surface area (Å²) in [5.41, 5.74) is 4.01. The van der Waals surface area contributed by atoms with E-state index < -0.39 is 0 Å². The zero-order chi connectivity index (χ0) is 20.6. The van der Waals surface area contributed by atoms with Gasteiger partial charge >= 0.3 is 0 Å². The molecule has 0 bridgehead atoms. The first-order valence-corrected chi connectivity index (χ1v) is 10.1. The summed E-state index contributed by atoms with van der Waals surface area (Å²) in [4.78, 5) is 0. The Hall–Kier alpha value is -2.43. The van der Waals surface area contributed by atoms with Crippen LogP contribution in [0.4, 0.5) is 8.78 Å². The summed E-state index contributed by atoms with van der Waals surface area (Å²) in [7, 11) is 0. The van der Waals surface area contributed by atoms with Crippen molar-refractivity contribution in [3.8, 4) is 5.75 Å². The van der Waals surface area contributed by atoms with Crippen molar-refractivity contribution in [2.24, 2.45) is 0 Å². The highest BCUT2D eigenvalue weighted by Crippen LogP contribution is 2.30. The van der Waals surface area contributed by atoms with Gasteiger partial charge in [0.1, 0.15) is 24.0 Å². The van der Waals surface area contributed by atoms with Gasteiger partial charge in [-0.3, -0.25) is 0 Å². The monoisotopic (exact) mass is 415 g/mol. The minimum absolute atomic E-state index is 0.234. The standard InChI is InChI=1S/C24H24ClF2NO/c1-2-19-13-21(25)14-20(11-12-28-15-17-3-7-22(26)8-4-17)24(19)29-16-18-5-9-23(27)10-6-18/h3-10,13-14,28H,2,11-12,15-16H2,1H3. The number of ether oxygens (including phenoxy) is 1.